The molecule has 0 N–H and O–H groups in total. The number of nitrogens with zero attached hydrogens (tertiary/aromatic N) is 1. The fourth-order valence-corrected chi connectivity index (χ4v) is 6.10. The van der Waals surface area contributed by atoms with Gasteiger partial charge >= 0.3 is 0 Å². The van der Waals surface area contributed by atoms with Crippen molar-refractivity contribution in [3.8, 4) is 0 Å². The SMILES string of the molecule is CS(=O)(=O)O[C@@H]1CN(C(=O)c2ccccc2)CC[C@@H]1COC(c1ccccc1)(c1ccccc1)c1ccccc1. The molecule has 1 aliphatic heterocycles. The second-order valence-electron chi connectivity index (χ2n) is 10.1. The summed E-state index contributed by atoms with van der Waals surface area (Å²) in [6.45, 7) is 0.858. The normalized spacial score (nSPS) is 17.9. The smallest absolute Gasteiger partial charge is 0.264 e. The number of hydrogen-bond acceptors (Lipinski definition) is 5. The molecule has 0 saturated carbocycles. The van der Waals surface area contributed by atoms with Crippen LogP contribution in [0.5, 0.6) is 0 Å². The van der Waals surface area contributed by atoms with Gasteiger partial charge in [-0.3, -0.25) is 8.98 Å². The minimum atomic E-state index is -3.77. The maximum absolute atomic E-state index is 13.2. The number of piperidine rings is 1. The van der Waals surface area contributed by atoms with E-state index >= 15 is 0 Å². The lowest BCUT2D eigenvalue weighted by atomic mass is 9.80. The largest absolute Gasteiger partial charge is 0.360 e. The molecule has 5 rings (SSSR count). The lowest BCUT2D eigenvalue weighted by Gasteiger charge is -2.41. The van der Waals surface area contributed by atoms with Gasteiger partial charge in [-0.05, 0) is 35.2 Å². The predicted molar refractivity (Wildman–Crippen MR) is 155 cm³/mol. The summed E-state index contributed by atoms with van der Waals surface area (Å²) in [6, 6.07) is 39.1. The van der Waals surface area contributed by atoms with E-state index in [0.29, 0.717) is 18.5 Å². The zero-order valence-corrected chi connectivity index (χ0v) is 23.2. The molecule has 1 saturated heterocycles. The fourth-order valence-electron chi connectivity index (χ4n) is 5.44. The van der Waals surface area contributed by atoms with E-state index in [9.17, 15) is 13.2 Å². The maximum Gasteiger partial charge on any atom is 0.264 e. The Bertz CT molecular complexity index is 1400. The van der Waals surface area contributed by atoms with E-state index in [2.05, 4.69) is 0 Å². The van der Waals surface area contributed by atoms with Crippen molar-refractivity contribution in [2.45, 2.75) is 18.1 Å². The highest BCUT2D eigenvalue weighted by Crippen LogP contribution is 2.41. The summed E-state index contributed by atoms with van der Waals surface area (Å²) in [4.78, 5) is 14.8. The van der Waals surface area contributed by atoms with Gasteiger partial charge in [-0.15, -0.1) is 0 Å². The molecule has 0 unspecified atom stereocenters. The van der Waals surface area contributed by atoms with E-state index in [4.69, 9.17) is 8.92 Å². The number of likely N-dealkylation sites (tertiary alicyclic amines) is 1. The van der Waals surface area contributed by atoms with E-state index < -0.39 is 21.8 Å². The van der Waals surface area contributed by atoms with Crippen molar-refractivity contribution in [1.29, 1.82) is 0 Å². The molecule has 1 fully saturated rings. The van der Waals surface area contributed by atoms with Crippen molar-refractivity contribution in [2.75, 3.05) is 26.0 Å². The van der Waals surface area contributed by atoms with Crippen LogP contribution in [0.2, 0.25) is 0 Å². The fraction of sp³-hybridized carbons (Fsp3) is 0.242. The molecule has 0 bridgehead atoms. The third-order valence-corrected chi connectivity index (χ3v) is 7.95. The molecule has 7 heteroatoms. The van der Waals surface area contributed by atoms with E-state index in [1.54, 1.807) is 17.0 Å². The Labute approximate surface area is 236 Å². The Morgan fingerprint density at radius 1 is 0.775 bits per heavy atom. The zero-order chi connectivity index (χ0) is 28.0. The highest BCUT2D eigenvalue weighted by Gasteiger charge is 2.41. The maximum atomic E-state index is 13.2. The van der Waals surface area contributed by atoms with Crippen LogP contribution in [-0.2, 0) is 24.6 Å². The van der Waals surface area contributed by atoms with Gasteiger partial charge in [-0.1, -0.05) is 109 Å². The van der Waals surface area contributed by atoms with Crippen molar-refractivity contribution in [3.63, 3.8) is 0 Å². The van der Waals surface area contributed by atoms with Crippen LogP contribution in [0.15, 0.2) is 121 Å². The van der Waals surface area contributed by atoms with Crippen LogP contribution in [0.3, 0.4) is 0 Å². The quantitative estimate of drug-likeness (QED) is 0.201. The number of carbonyl (C=O) groups is 1. The van der Waals surface area contributed by atoms with Crippen LogP contribution in [0.25, 0.3) is 0 Å². The highest BCUT2D eigenvalue weighted by molar-refractivity contribution is 7.86. The zero-order valence-electron chi connectivity index (χ0n) is 22.4. The van der Waals surface area contributed by atoms with Crippen molar-refractivity contribution in [3.05, 3.63) is 144 Å². The Hall–Kier alpha value is -3.78. The molecular weight excluding hydrogens is 522 g/mol. The third kappa shape index (κ3) is 6.17. The Morgan fingerprint density at radius 3 is 1.68 bits per heavy atom. The van der Waals surface area contributed by atoms with Gasteiger partial charge in [0.25, 0.3) is 16.0 Å². The average Bonchev–Trinajstić information content (AvgIpc) is 2.99. The van der Waals surface area contributed by atoms with Gasteiger partial charge in [0.15, 0.2) is 0 Å². The topological polar surface area (TPSA) is 72.9 Å². The number of amides is 1. The molecular formula is C33H33NO5S. The van der Waals surface area contributed by atoms with Crippen LogP contribution in [0, 0.1) is 5.92 Å². The second-order valence-corrected chi connectivity index (χ2v) is 11.7. The molecule has 6 nitrogen and oxygen atoms in total. The molecule has 0 radical (unpaired) electrons. The first-order valence-electron chi connectivity index (χ1n) is 13.4. The van der Waals surface area contributed by atoms with Gasteiger partial charge in [-0.2, -0.15) is 8.42 Å². The summed E-state index contributed by atoms with van der Waals surface area (Å²) in [6.07, 6.45) is 0.842. The summed E-state index contributed by atoms with van der Waals surface area (Å²) in [5.41, 5.74) is 2.52. The lowest BCUT2D eigenvalue weighted by Crippen LogP contribution is -2.50. The Morgan fingerprint density at radius 2 is 1.23 bits per heavy atom. The van der Waals surface area contributed by atoms with E-state index in [-0.39, 0.29) is 25.0 Å². The first-order chi connectivity index (χ1) is 19.4. The van der Waals surface area contributed by atoms with Gasteiger partial charge < -0.3 is 9.64 Å². The average molecular weight is 556 g/mol. The second kappa shape index (κ2) is 12.2. The molecule has 0 spiro atoms. The number of benzene rings is 4. The molecule has 2 atom stereocenters. The number of carbonyl (C=O) groups excluding carboxylic acids is 1. The van der Waals surface area contributed by atoms with Crippen LogP contribution < -0.4 is 0 Å². The van der Waals surface area contributed by atoms with Crippen molar-refractivity contribution in [2.24, 2.45) is 5.92 Å². The summed E-state index contributed by atoms with van der Waals surface area (Å²) in [7, 11) is -3.77. The molecule has 4 aromatic rings. The molecule has 1 heterocycles. The van der Waals surface area contributed by atoms with Crippen molar-refractivity contribution >= 4 is 16.0 Å². The first kappa shape index (κ1) is 27.8. The Balaban J connectivity index is 1.48. The van der Waals surface area contributed by atoms with Gasteiger partial charge in [0.05, 0.1) is 19.0 Å². The van der Waals surface area contributed by atoms with Gasteiger partial charge in [0, 0.05) is 24.6 Å². The number of rotatable bonds is 9. The Kier molecular flexibility index (Phi) is 8.45. The highest BCUT2D eigenvalue weighted by atomic mass is 32.2. The molecule has 1 amide bonds. The van der Waals surface area contributed by atoms with Crippen LogP contribution in [0.4, 0.5) is 0 Å². The molecule has 0 aromatic heterocycles. The molecule has 0 aliphatic carbocycles. The minimum Gasteiger partial charge on any atom is -0.360 e. The first-order valence-corrected chi connectivity index (χ1v) is 15.2. The molecule has 40 heavy (non-hydrogen) atoms. The van der Waals surface area contributed by atoms with E-state index in [1.165, 1.54) is 0 Å². The van der Waals surface area contributed by atoms with Crippen LogP contribution in [-0.4, -0.2) is 51.3 Å². The van der Waals surface area contributed by atoms with Crippen molar-refractivity contribution in [1.82, 2.24) is 4.90 Å². The van der Waals surface area contributed by atoms with Crippen molar-refractivity contribution < 1.29 is 22.1 Å². The summed E-state index contributed by atoms with van der Waals surface area (Å²) in [5.74, 6) is -0.403. The number of ether oxygens (including phenoxy) is 1. The van der Waals surface area contributed by atoms with E-state index in [0.717, 1.165) is 22.9 Å². The predicted octanol–water partition coefficient (Wildman–Crippen LogP) is 5.50. The number of hydrogen-bond donors (Lipinski definition) is 0. The van der Waals surface area contributed by atoms with Crippen LogP contribution >= 0.6 is 0 Å². The van der Waals surface area contributed by atoms with Gasteiger partial charge in [0.1, 0.15) is 5.60 Å². The van der Waals surface area contributed by atoms with Crippen LogP contribution in [0.1, 0.15) is 33.5 Å². The summed E-state index contributed by atoms with van der Waals surface area (Å²) >= 11 is 0. The van der Waals surface area contributed by atoms with Gasteiger partial charge in [0.2, 0.25) is 0 Å². The molecule has 1 aliphatic rings. The monoisotopic (exact) mass is 555 g/mol. The molecule has 206 valence electrons. The van der Waals surface area contributed by atoms with E-state index in [1.807, 2.05) is 109 Å². The molecule has 4 aromatic carbocycles. The van der Waals surface area contributed by atoms with Gasteiger partial charge in [-0.25, -0.2) is 0 Å². The third-order valence-electron chi connectivity index (χ3n) is 7.36. The lowest BCUT2D eigenvalue weighted by molar-refractivity contribution is -0.0505. The summed E-state index contributed by atoms with van der Waals surface area (Å²) < 4.78 is 37.1. The summed E-state index contributed by atoms with van der Waals surface area (Å²) in [5, 5.41) is 0. The standard InChI is InChI=1S/C33H33NO5S/c1-40(36,37)39-31-24-34(32(35)26-14-6-2-7-15-26)23-22-27(31)25-38-33(28-16-8-3-9-17-28,29-18-10-4-11-19-29)30-20-12-5-13-21-30/h2-21,27,31H,22-25H2,1H3/t27-,31-/m1/s1. The minimum absolute atomic E-state index is 0.144.